The molecule has 0 saturated carbocycles. The van der Waals surface area contributed by atoms with Crippen LogP contribution >= 0.6 is 0 Å². The molecule has 6 nitrogen and oxygen atoms in total. The standard InChI is InChI=1S/C27H26N4O2/c32-25(28-17-15-20-9-3-1-4-10-20)19-24-26(33)30(18-16-21-11-5-2-6-12-21)27-29-22-13-7-8-14-23(22)31(24)27/h1-14,24H,15-19H2,(H,28,32)/t24-/m0/s1. The number of hydrogen-bond acceptors (Lipinski definition) is 3. The zero-order valence-electron chi connectivity index (χ0n) is 18.4. The Labute approximate surface area is 192 Å². The van der Waals surface area contributed by atoms with Crippen LogP contribution < -0.4 is 10.2 Å². The van der Waals surface area contributed by atoms with E-state index in [2.05, 4.69) is 17.4 Å². The lowest BCUT2D eigenvalue weighted by atomic mass is 10.1. The highest BCUT2D eigenvalue weighted by molar-refractivity contribution is 6.03. The molecule has 2 amide bonds. The van der Waals surface area contributed by atoms with E-state index < -0.39 is 6.04 Å². The molecule has 166 valence electrons. The highest BCUT2D eigenvalue weighted by Gasteiger charge is 2.40. The molecule has 0 radical (unpaired) electrons. The fourth-order valence-electron chi connectivity index (χ4n) is 4.43. The van der Waals surface area contributed by atoms with E-state index in [4.69, 9.17) is 4.98 Å². The quantitative estimate of drug-likeness (QED) is 0.454. The molecule has 1 atom stereocenters. The normalized spacial score (nSPS) is 15.1. The number of carbonyl (C=O) groups is 2. The molecule has 0 spiro atoms. The molecule has 0 bridgehead atoms. The third kappa shape index (κ3) is 4.37. The smallest absolute Gasteiger partial charge is 0.253 e. The Bertz CT molecular complexity index is 1270. The number of nitrogens with one attached hydrogen (secondary N) is 1. The lowest BCUT2D eigenvalue weighted by Crippen LogP contribution is -2.34. The summed E-state index contributed by atoms with van der Waals surface area (Å²) < 4.78 is 1.93. The van der Waals surface area contributed by atoms with E-state index in [1.54, 1.807) is 4.90 Å². The predicted octanol–water partition coefficient (Wildman–Crippen LogP) is 3.92. The Kier molecular flexibility index (Phi) is 5.89. The summed E-state index contributed by atoms with van der Waals surface area (Å²) in [5.74, 6) is 0.425. The second kappa shape index (κ2) is 9.28. The van der Waals surface area contributed by atoms with Crippen molar-refractivity contribution in [3.63, 3.8) is 0 Å². The van der Waals surface area contributed by atoms with Crippen LogP contribution in [-0.4, -0.2) is 34.5 Å². The van der Waals surface area contributed by atoms with E-state index >= 15 is 0 Å². The van der Waals surface area contributed by atoms with Crippen LogP contribution in [0.4, 0.5) is 5.95 Å². The number of hydrogen-bond donors (Lipinski definition) is 1. The zero-order valence-corrected chi connectivity index (χ0v) is 18.4. The minimum absolute atomic E-state index is 0.0719. The molecule has 0 aliphatic carbocycles. The first-order valence-corrected chi connectivity index (χ1v) is 11.3. The maximum Gasteiger partial charge on any atom is 0.253 e. The van der Waals surface area contributed by atoms with Crippen LogP contribution in [-0.2, 0) is 22.4 Å². The molecule has 33 heavy (non-hydrogen) atoms. The molecule has 1 aliphatic heterocycles. The topological polar surface area (TPSA) is 67.2 Å². The fraction of sp³-hybridized carbons (Fsp3) is 0.222. The van der Waals surface area contributed by atoms with Gasteiger partial charge in [-0.15, -0.1) is 0 Å². The van der Waals surface area contributed by atoms with Gasteiger partial charge in [0.2, 0.25) is 11.9 Å². The number of rotatable bonds is 8. The van der Waals surface area contributed by atoms with Crippen molar-refractivity contribution >= 4 is 28.8 Å². The van der Waals surface area contributed by atoms with Crippen LogP contribution in [0.15, 0.2) is 84.9 Å². The molecule has 0 saturated heterocycles. The molecular weight excluding hydrogens is 412 g/mol. The van der Waals surface area contributed by atoms with Crippen LogP contribution in [0.5, 0.6) is 0 Å². The largest absolute Gasteiger partial charge is 0.356 e. The van der Waals surface area contributed by atoms with Gasteiger partial charge in [0.15, 0.2) is 0 Å². The summed E-state index contributed by atoms with van der Waals surface area (Å²) in [6.07, 6.45) is 1.59. The van der Waals surface area contributed by atoms with Gasteiger partial charge in [0.1, 0.15) is 6.04 Å². The molecule has 1 aliphatic rings. The summed E-state index contributed by atoms with van der Waals surface area (Å²) in [5, 5.41) is 2.98. The van der Waals surface area contributed by atoms with Crippen molar-refractivity contribution in [1.29, 1.82) is 0 Å². The van der Waals surface area contributed by atoms with Crippen LogP contribution in [0.25, 0.3) is 11.0 Å². The second-order valence-electron chi connectivity index (χ2n) is 8.30. The molecule has 6 heteroatoms. The number of para-hydroxylation sites is 2. The number of imidazole rings is 1. The number of benzene rings is 3. The van der Waals surface area contributed by atoms with E-state index in [9.17, 15) is 9.59 Å². The van der Waals surface area contributed by atoms with Gasteiger partial charge in [-0.1, -0.05) is 72.8 Å². The van der Waals surface area contributed by atoms with Crippen molar-refractivity contribution in [2.75, 3.05) is 18.0 Å². The summed E-state index contributed by atoms with van der Waals surface area (Å²) in [5.41, 5.74) is 4.05. The minimum atomic E-state index is -0.583. The molecule has 5 rings (SSSR count). The Balaban J connectivity index is 1.32. The average Bonchev–Trinajstić information content (AvgIpc) is 3.34. The van der Waals surface area contributed by atoms with Crippen molar-refractivity contribution < 1.29 is 9.59 Å². The third-order valence-electron chi connectivity index (χ3n) is 6.11. The molecule has 1 aromatic heterocycles. The molecular formula is C27H26N4O2. The highest BCUT2D eigenvalue weighted by atomic mass is 16.2. The zero-order chi connectivity index (χ0) is 22.6. The first-order valence-electron chi connectivity index (χ1n) is 11.3. The van der Waals surface area contributed by atoms with Gasteiger partial charge < -0.3 is 5.32 Å². The fourth-order valence-corrected chi connectivity index (χ4v) is 4.43. The van der Waals surface area contributed by atoms with Crippen LogP contribution in [0.1, 0.15) is 23.6 Å². The first kappa shape index (κ1) is 20.9. The van der Waals surface area contributed by atoms with Crippen molar-refractivity contribution in [1.82, 2.24) is 14.9 Å². The molecule has 4 aromatic rings. The Morgan fingerprint density at radius 2 is 1.48 bits per heavy atom. The summed E-state index contributed by atoms with van der Waals surface area (Å²) in [7, 11) is 0. The molecule has 2 heterocycles. The monoisotopic (exact) mass is 438 g/mol. The third-order valence-corrected chi connectivity index (χ3v) is 6.11. The maximum absolute atomic E-state index is 13.4. The number of fused-ring (bicyclic) bond motifs is 3. The highest BCUT2D eigenvalue weighted by Crippen LogP contribution is 2.36. The van der Waals surface area contributed by atoms with Gasteiger partial charge in [0.05, 0.1) is 17.5 Å². The van der Waals surface area contributed by atoms with E-state index in [0.717, 1.165) is 29.4 Å². The lowest BCUT2D eigenvalue weighted by molar-refractivity contribution is -0.127. The van der Waals surface area contributed by atoms with Gasteiger partial charge in [0.25, 0.3) is 5.91 Å². The summed E-state index contributed by atoms with van der Waals surface area (Å²) >= 11 is 0. The van der Waals surface area contributed by atoms with Gasteiger partial charge in [-0.05, 0) is 36.1 Å². The van der Waals surface area contributed by atoms with Gasteiger partial charge >= 0.3 is 0 Å². The Morgan fingerprint density at radius 1 is 0.848 bits per heavy atom. The summed E-state index contributed by atoms with van der Waals surface area (Å²) in [6.45, 7) is 1.07. The SMILES string of the molecule is O=C(C[C@H]1C(=O)N(CCc2ccccc2)c2nc3ccccc3n21)NCCc1ccccc1. The van der Waals surface area contributed by atoms with E-state index in [0.29, 0.717) is 19.0 Å². The second-order valence-corrected chi connectivity index (χ2v) is 8.30. The van der Waals surface area contributed by atoms with E-state index in [-0.39, 0.29) is 18.2 Å². The predicted molar refractivity (Wildman–Crippen MR) is 129 cm³/mol. The molecule has 0 fully saturated rings. The van der Waals surface area contributed by atoms with Crippen LogP contribution in [0.3, 0.4) is 0 Å². The number of aromatic nitrogens is 2. The first-order chi connectivity index (χ1) is 16.2. The van der Waals surface area contributed by atoms with Gasteiger partial charge in [-0.2, -0.15) is 0 Å². The number of amides is 2. The number of anilines is 1. The Morgan fingerprint density at radius 3 is 2.21 bits per heavy atom. The van der Waals surface area contributed by atoms with E-state index in [1.165, 1.54) is 5.56 Å². The summed E-state index contributed by atoms with van der Waals surface area (Å²) in [4.78, 5) is 32.6. The molecule has 3 aromatic carbocycles. The lowest BCUT2D eigenvalue weighted by Gasteiger charge is -2.16. The Hall–Kier alpha value is -3.93. The maximum atomic E-state index is 13.4. The van der Waals surface area contributed by atoms with Crippen molar-refractivity contribution in [3.05, 3.63) is 96.1 Å². The average molecular weight is 439 g/mol. The van der Waals surface area contributed by atoms with E-state index in [1.807, 2.05) is 77.4 Å². The van der Waals surface area contributed by atoms with Crippen molar-refractivity contribution in [3.8, 4) is 0 Å². The van der Waals surface area contributed by atoms with Crippen LogP contribution in [0, 0.1) is 0 Å². The molecule has 1 N–H and O–H groups in total. The van der Waals surface area contributed by atoms with Crippen molar-refractivity contribution in [2.45, 2.75) is 25.3 Å². The van der Waals surface area contributed by atoms with Crippen molar-refractivity contribution in [2.24, 2.45) is 0 Å². The van der Waals surface area contributed by atoms with Gasteiger partial charge in [-0.25, -0.2) is 4.98 Å². The van der Waals surface area contributed by atoms with Gasteiger partial charge in [-0.3, -0.25) is 19.1 Å². The van der Waals surface area contributed by atoms with Crippen LogP contribution in [0.2, 0.25) is 0 Å². The molecule has 0 unspecified atom stereocenters. The number of carbonyl (C=O) groups excluding carboxylic acids is 2. The van der Waals surface area contributed by atoms with Gasteiger partial charge in [0, 0.05) is 13.1 Å². The minimum Gasteiger partial charge on any atom is -0.356 e. The number of nitrogens with zero attached hydrogens (tertiary/aromatic N) is 3. The summed E-state index contributed by atoms with van der Waals surface area (Å²) in [6, 6.07) is 27.3.